The third-order valence-electron chi connectivity index (χ3n) is 3.55. The van der Waals surface area contributed by atoms with Gasteiger partial charge in [0, 0.05) is 24.8 Å². The van der Waals surface area contributed by atoms with E-state index in [4.69, 9.17) is 16.3 Å². The molecule has 0 radical (unpaired) electrons. The van der Waals surface area contributed by atoms with Crippen molar-refractivity contribution in [1.29, 1.82) is 0 Å². The topological polar surface area (TPSA) is 67.3 Å². The number of nitrogens with one attached hydrogen (secondary N) is 1. The summed E-state index contributed by atoms with van der Waals surface area (Å²) in [5.41, 5.74) is 0.861. The van der Waals surface area contributed by atoms with Crippen LogP contribution in [0.4, 0.5) is 16.0 Å². The van der Waals surface area contributed by atoms with Crippen LogP contribution in [-0.2, 0) is 11.2 Å². The molecule has 0 spiro atoms. The zero-order chi connectivity index (χ0) is 16.4. The lowest BCUT2D eigenvalue weighted by atomic mass is 10.1. The first kappa shape index (κ1) is 15.5. The van der Waals surface area contributed by atoms with E-state index >= 15 is 0 Å². The van der Waals surface area contributed by atoms with Crippen molar-refractivity contribution >= 4 is 29.1 Å². The number of fused-ring (bicyclic) bond motifs is 1. The van der Waals surface area contributed by atoms with Crippen molar-refractivity contribution in [3.63, 3.8) is 0 Å². The SMILES string of the molecule is COc1ccc(F)c2c1CC(=O)N2CCNc1nccc(Cl)n1. The fourth-order valence-electron chi connectivity index (χ4n) is 2.55. The number of rotatable bonds is 5. The molecule has 1 aromatic carbocycles. The van der Waals surface area contributed by atoms with Gasteiger partial charge in [-0.15, -0.1) is 0 Å². The van der Waals surface area contributed by atoms with Gasteiger partial charge >= 0.3 is 0 Å². The predicted octanol–water partition coefficient (Wildman–Crippen LogP) is 2.28. The van der Waals surface area contributed by atoms with Gasteiger partial charge in [-0.2, -0.15) is 0 Å². The Morgan fingerprint density at radius 2 is 2.26 bits per heavy atom. The first-order chi connectivity index (χ1) is 11.1. The molecule has 0 saturated carbocycles. The standard InChI is InChI=1S/C15H14ClFN4O2/c1-23-11-3-2-10(17)14-9(11)8-13(22)21(14)7-6-19-15-18-5-4-12(16)20-15/h2-5H,6-8H2,1H3,(H,18,19,20). The lowest BCUT2D eigenvalue weighted by Gasteiger charge is -2.18. The van der Waals surface area contributed by atoms with Crippen molar-refractivity contribution in [3.05, 3.63) is 40.9 Å². The molecule has 0 atom stereocenters. The Labute approximate surface area is 137 Å². The number of ether oxygens (including phenoxy) is 1. The highest BCUT2D eigenvalue weighted by Crippen LogP contribution is 2.37. The van der Waals surface area contributed by atoms with Gasteiger partial charge in [-0.3, -0.25) is 4.79 Å². The van der Waals surface area contributed by atoms with Crippen LogP contribution in [0.15, 0.2) is 24.4 Å². The van der Waals surface area contributed by atoms with Crippen LogP contribution >= 0.6 is 11.6 Å². The monoisotopic (exact) mass is 336 g/mol. The number of amides is 1. The number of benzene rings is 1. The normalized spacial score (nSPS) is 13.2. The van der Waals surface area contributed by atoms with E-state index in [1.807, 2.05) is 0 Å². The second kappa shape index (κ2) is 6.37. The predicted molar refractivity (Wildman–Crippen MR) is 84.5 cm³/mol. The average molecular weight is 337 g/mol. The molecular weight excluding hydrogens is 323 g/mol. The number of carbonyl (C=O) groups excluding carboxylic acids is 1. The molecule has 1 amide bonds. The van der Waals surface area contributed by atoms with E-state index in [9.17, 15) is 9.18 Å². The van der Waals surface area contributed by atoms with Crippen LogP contribution in [0.5, 0.6) is 5.75 Å². The Balaban J connectivity index is 1.74. The van der Waals surface area contributed by atoms with Gasteiger partial charge in [0.2, 0.25) is 11.9 Å². The first-order valence-electron chi connectivity index (χ1n) is 6.98. The molecule has 0 bridgehead atoms. The molecule has 6 nitrogen and oxygen atoms in total. The summed E-state index contributed by atoms with van der Waals surface area (Å²) in [4.78, 5) is 21.6. The van der Waals surface area contributed by atoms with E-state index in [0.29, 0.717) is 29.0 Å². The van der Waals surface area contributed by atoms with Gasteiger partial charge in [0.25, 0.3) is 0 Å². The molecule has 23 heavy (non-hydrogen) atoms. The van der Waals surface area contributed by atoms with Gasteiger partial charge < -0.3 is 15.0 Å². The number of hydrogen-bond acceptors (Lipinski definition) is 5. The number of methoxy groups -OCH3 is 1. The second-order valence-corrected chi connectivity index (χ2v) is 5.32. The molecule has 2 aromatic rings. The number of hydrogen-bond donors (Lipinski definition) is 1. The minimum Gasteiger partial charge on any atom is -0.496 e. The zero-order valence-electron chi connectivity index (χ0n) is 12.3. The van der Waals surface area contributed by atoms with Crippen molar-refractivity contribution in [1.82, 2.24) is 9.97 Å². The van der Waals surface area contributed by atoms with E-state index in [-0.39, 0.29) is 24.6 Å². The number of anilines is 2. The van der Waals surface area contributed by atoms with Crippen LogP contribution in [0.2, 0.25) is 5.15 Å². The van der Waals surface area contributed by atoms with Crippen molar-refractivity contribution < 1.29 is 13.9 Å². The molecule has 1 N–H and O–H groups in total. The van der Waals surface area contributed by atoms with Crippen molar-refractivity contribution in [2.75, 3.05) is 30.4 Å². The van der Waals surface area contributed by atoms with Crippen LogP contribution < -0.4 is 15.0 Å². The smallest absolute Gasteiger partial charge is 0.231 e. The van der Waals surface area contributed by atoms with E-state index < -0.39 is 5.82 Å². The highest BCUT2D eigenvalue weighted by atomic mass is 35.5. The number of halogens is 2. The molecule has 8 heteroatoms. The minimum absolute atomic E-state index is 0.129. The quantitative estimate of drug-likeness (QED) is 0.848. The molecule has 0 saturated heterocycles. The molecule has 3 rings (SSSR count). The highest BCUT2D eigenvalue weighted by Gasteiger charge is 2.32. The van der Waals surface area contributed by atoms with Gasteiger partial charge in [0.15, 0.2) is 0 Å². The summed E-state index contributed by atoms with van der Waals surface area (Å²) < 4.78 is 19.3. The van der Waals surface area contributed by atoms with Crippen LogP contribution in [0.1, 0.15) is 5.56 Å². The third kappa shape index (κ3) is 3.05. The van der Waals surface area contributed by atoms with E-state index in [0.717, 1.165) is 0 Å². The summed E-state index contributed by atoms with van der Waals surface area (Å²) >= 11 is 5.78. The van der Waals surface area contributed by atoms with Gasteiger partial charge in [-0.25, -0.2) is 14.4 Å². The van der Waals surface area contributed by atoms with Crippen LogP contribution in [-0.4, -0.2) is 36.1 Å². The maximum Gasteiger partial charge on any atom is 0.231 e. The maximum absolute atomic E-state index is 14.1. The van der Waals surface area contributed by atoms with Crippen LogP contribution in [0.25, 0.3) is 0 Å². The summed E-state index contributed by atoms with van der Waals surface area (Å²) in [5.74, 6) is 0.265. The lowest BCUT2D eigenvalue weighted by molar-refractivity contribution is -0.117. The molecule has 120 valence electrons. The average Bonchev–Trinajstić information content (AvgIpc) is 2.86. The Bertz CT molecular complexity index is 756. The summed E-state index contributed by atoms with van der Waals surface area (Å²) in [6.45, 7) is 0.647. The fraction of sp³-hybridized carbons (Fsp3) is 0.267. The van der Waals surface area contributed by atoms with Gasteiger partial charge in [-0.05, 0) is 18.2 Å². The minimum atomic E-state index is -0.439. The van der Waals surface area contributed by atoms with E-state index in [2.05, 4.69) is 15.3 Å². The zero-order valence-corrected chi connectivity index (χ0v) is 13.1. The number of carbonyl (C=O) groups is 1. The van der Waals surface area contributed by atoms with Crippen molar-refractivity contribution in [2.45, 2.75) is 6.42 Å². The maximum atomic E-state index is 14.1. The molecule has 2 heterocycles. The van der Waals surface area contributed by atoms with Gasteiger partial charge in [-0.1, -0.05) is 11.6 Å². The first-order valence-corrected chi connectivity index (χ1v) is 7.36. The second-order valence-electron chi connectivity index (χ2n) is 4.93. The van der Waals surface area contributed by atoms with Crippen molar-refractivity contribution in [2.24, 2.45) is 0 Å². The lowest BCUT2D eigenvalue weighted by Crippen LogP contribution is -2.32. The Morgan fingerprint density at radius 1 is 1.43 bits per heavy atom. The number of nitrogens with zero attached hydrogens (tertiary/aromatic N) is 3. The summed E-state index contributed by atoms with van der Waals surface area (Å²) in [7, 11) is 1.50. The molecular formula is C15H14ClFN4O2. The summed E-state index contributed by atoms with van der Waals surface area (Å²) in [6.07, 6.45) is 1.66. The fourth-order valence-corrected chi connectivity index (χ4v) is 2.69. The molecule has 1 aromatic heterocycles. The molecule has 0 unspecified atom stereocenters. The Morgan fingerprint density at radius 3 is 3.00 bits per heavy atom. The summed E-state index contributed by atoms with van der Waals surface area (Å²) in [6, 6.07) is 4.40. The van der Waals surface area contributed by atoms with Crippen LogP contribution in [0, 0.1) is 5.82 Å². The summed E-state index contributed by atoms with van der Waals surface area (Å²) in [5, 5.41) is 3.28. The number of aromatic nitrogens is 2. The molecule has 1 aliphatic rings. The molecule has 1 aliphatic heterocycles. The van der Waals surface area contributed by atoms with Crippen molar-refractivity contribution in [3.8, 4) is 5.75 Å². The van der Waals surface area contributed by atoms with E-state index in [1.54, 1.807) is 6.07 Å². The van der Waals surface area contributed by atoms with Crippen LogP contribution in [0.3, 0.4) is 0 Å². The highest BCUT2D eigenvalue weighted by molar-refractivity contribution is 6.29. The molecule has 0 fully saturated rings. The van der Waals surface area contributed by atoms with Gasteiger partial charge in [0.1, 0.15) is 16.7 Å². The Kier molecular flexibility index (Phi) is 4.29. The Hall–Kier alpha value is -2.41. The van der Waals surface area contributed by atoms with Gasteiger partial charge in [0.05, 0.1) is 19.2 Å². The molecule has 0 aliphatic carbocycles. The van der Waals surface area contributed by atoms with E-state index in [1.165, 1.54) is 30.3 Å². The third-order valence-corrected chi connectivity index (χ3v) is 3.76. The largest absolute Gasteiger partial charge is 0.496 e.